The van der Waals surface area contributed by atoms with E-state index in [0.29, 0.717) is 0 Å². The molecule has 2 rings (SSSR count). The number of alkyl halides is 2. The number of hydrogen-bond donors (Lipinski definition) is 0. The van der Waals surface area contributed by atoms with Gasteiger partial charge in [-0.2, -0.15) is 8.78 Å². The van der Waals surface area contributed by atoms with E-state index in [-0.39, 0.29) is 24.1 Å². The van der Waals surface area contributed by atoms with Crippen LogP contribution in [0.5, 0.6) is 0 Å². The summed E-state index contributed by atoms with van der Waals surface area (Å²) in [6, 6.07) is 0.0357. The fourth-order valence-corrected chi connectivity index (χ4v) is 1.74. The molecule has 0 bridgehead atoms. The number of aromatic nitrogens is 4. The van der Waals surface area contributed by atoms with E-state index in [0.717, 1.165) is 4.57 Å². The van der Waals surface area contributed by atoms with Crippen LogP contribution in [0.15, 0.2) is 29.6 Å². The topological polar surface area (TPSA) is 44.8 Å². The lowest BCUT2D eigenvalue weighted by Crippen LogP contribution is -2.26. The van der Waals surface area contributed by atoms with E-state index in [4.69, 9.17) is 0 Å². The summed E-state index contributed by atoms with van der Waals surface area (Å²) in [5.41, 5.74) is -0.228. The number of halogens is 2. The largest absolute Gasteiger partial charge is 0.328 e. The lowest BCUT2D eigenvalue weighted by atomic mass is 10.4. The van der Waals surface area contributed by atoms with Gasteiger partial charge in [-0.15, -0.1) is 0 Å². The van der Waals surface area contributed by atoms with Crippen molar-refractivity contribution in [2.24, 2.45) is 0 Å². The second kappa shape index (κ2) is 4.75. The summed E-state index contributed by atoms with van der Waals surface area (Å²) in [4.78, 5) is 15.8. The molecule has 2 aromatic heterocycles. The summed E-state index contributed by atoms with van der Waals surface area (Å²) in [7, 11) is 0. The summed E-state index contributed by atoms with van der Waals surface area (Å²) in [5.74, 6) is 0.161. The third-order valence-corrected chi connectivity index (χ3v) is 2.70. The molecule has 0 amide bonds. The first kappa shape index (κ1) is 12.5. The van der Waals surface area contributed by atoms with Gasteiger partial charge in [-0.05, 0) is 13.8 Å². The van der Waals surface area contributed by atoms with E-state index in [1.165, 1.54) is 21.5 Å². The molecular formula is C11H14F2N4O. The highest BCUT2D eigenvalue weighted by atomic mass is 19.3. The van der Waals surface area contributed by atoms with Crippen molar-refractivity contribution >= 4 is 0 Å². The fraction of sp³-hybridized carbons (Fsp3) is 0.455. The zero-order valence-corrected chi connectivity index (χ0v) is 10.1. The van der Waals surface area contributed by atoms with Gasteiger partial charge < -0.3 is 0 Å². The van der Waals surface area contributed by atoms with Gasteiger partial charge in [-0.1, -0.05) is 0 Å². The van der Waals surface area contributed by atoms with E-state index >= 15 is 0 Å². The molecule has 0 saturated heterocycles. The Labute approximate surface area is 102 Å². The van der Waals surface area contributed by atoms with Crippen LogP contribution < -0.4 is 5.69 Å². The van der Waals surface area contributed by atoms with Crippen molar-refractivity contribution in [1.29, 1.82) is 0 Å². The number of hydrogen-bond acceptors (Lipinski definition) is 2. The van der Waals surface area contributed by atoms with Gasteiger partial charge in [0.1, 0.15) is 5.82 Å². The molecule has 2 aromatic rings. The van der Waals surface area contributed by atoms with Crippen molar-refractivity contribution in [3.05, 3.63) is 41.1 Å². The first-order chi connectivity index (χ1) is 8.50. The molecule has 0 aliphatic rings. The van der Waals surface area contributed by atoms with Crippen LogP contribution in [0.1, 0.15) is 32.3 Å². The number of imidazole rings is 2. The van der Waals surface area contributed by atoms with Gasteiger partial charge >= 0.3 is 12.2 Å². The minimum atomic E-state index is -2.65. The Kier molecular flexibility index (Phi) is 3.31. The molecule has 0 fully saturated rings. The van der Waals surface area contributed by atoms with Crippen LogP contribution in [-0.2, 0) is 6.54 Å². The molecule has 0 unspecified atom stereocenters. The molecule has 0 spiro atoms. The zero-order valence-electron chi connectivity index (χ0n) is 10.1. The molecule has 0 aromatic carbocycles. The lowest BCUT2D eigenvalue weighted by molar-refractivity contribution is 0.0666. The molecular weight excluding hydrogens is 242 g/mol. The average molecular weight is 256 g/mol. The van der Waals surface area contributed by atoms with Crippen LogP contribution in [0.3, 0.4) is 0 Å². The molecule has 98 valence electrons. The van der Waals surface area contributed by atoms with Crippen molar-refractivity contribution in [2.75, 3.05) is 0 Å². The Morgan fingerprint density at radius 2 is 1.94 bits per heavy atom. The standard InChI is InChI=1S/C11H14F2N4O/c1-8(2)16-6-5-15(11(16)18)7-9-14-3-4-17(9)10(12)13/h3-6,8,10H,7H2,1-2H3. The van der Waals surface area contributed by atoms with Gasteiger partial charge in [-0.3, -0.25) is 13.7 Å². The SMILES string of the molecule is CC(C)n1ccn(Cc2nccn2C(F)F)c1=O. The molecule has 0 aliphatic heterocycles. The van der Waals surface area contributed by atoms with E-state index < -0.39 is 6.55 Å². The predicted molar refractivity (Wildman–Crippen MR) is 61.7 cm³/mol. The zero-order chi connectivity index (χ0) is 13.3. The Morgan fingerprint density at radius 3 is 2.50 bits per heavy atom. The third kappa shape index (κ3) is 2.20. The van der Waals surface area contributed by atoms with Crippen molar-refractivity contribution in [3.8, 4) is 0 Å². The van der Waals surface area contributed by atoms with Crippen LogP contribution in [-0.4, -0.2) is 18.7 Å². The maximum Gasteiger partial charge on any atom is 0.328 e. The highest BCUT2D eigenvalue weighted by molar-refractivity contribution is 4.96. The smallest absolute Gasteiger partial charge is 0.297 e. The van der Waals surface area contributed by atoms with Crippen LogP contribution in [0, 0.1) is 0 Å². The maximum absolute atomic E-state index is 12.6. The predicted octanol–water partition coefficient (Wildman–Crippen LogP) is 1.87. The number of nitrogens with zero attached hydrogens (tertiary/aromatic N) is 4. The fourth-order valence-electron chi connectivity index (χ4n) is 1.74. The third-order valence-electron chi connectivity index (χ3n) is 2.70. The highest BCUT2D eigenvalue weighted by Crippen LogP contribution is 2.12. The normalized spacial score (nSPS) is 11.7. The van der Waals surface area contributed by atoms with Gasteiger partial charge in [0, 0.05) is 30.8 Å². The summed E-state index contributed by atoms with van der Waals surface area (Å²) in [5, 5.41) is 0. The monoisotopic (exact) mass is 256 g/mol. The van der Waals surface area contributed by atoms with Gasteiger partial charge in [0.25, 0.3) is 0 Å². The highest BCUT2D eigenvalue weighted by Gasteiger charge is 2.13. The molecule has 0 radical (unpaired) electrons. The average Bonchev–Trinajstić information content (AvgIpc) is 2.87. The summed E-state index contributed by atoms with van der Waals surface area (Å²) in [6.07, 6.45) is 5.71. The van der Waals surface area contributed by atoms with Crippen LogP contribution >= 0.6 is 0 Å². The maximum atomic E-state index is 12.6. The Bertz CT molecular complexity index is 582. The first-order valence-electron chi connectivity index (χ1n) is 5.58. The van der Waals surface area contributed by atoms with Gasteiger partial charge in [0.2, 0.25) is 0 Å². The number of rotatable bonds is 4. The summed E-state index contributed by atoms with van der Waals surface area (Å²) in [6.45, 7) is 1.15. The van der Waals surface area contributed by atoms with E-state index in [9.17, 15) is 13.6 Å². The summed E-state index contributed by atoms with van der Waals surface area (Å²) >= 11 is 0. The molecule has 0 aliphatic carbocycles. The van der Waals surface area contributed by atoms with E-state index in [2.05, 4.69) is 4.98 Å². The van der Waals surface area contributed by atoms with Crippen molar-refractivity contribution in [3.63, 3.8) is 0 Å². The van der Waals surface area contributed by atoms with Gasteiger partial charge in [0.05, 0.1) is 6.54 Å². The molecule has 18 heavy (non-hydrogen) atoms. The van der Waals surface area contributed by atoms with E-state index in [1.54, 1.807) is 12.4 Å². The van der Waals surface area contributed by atoms with Crippen molar-refractivity contribution < 1.29 is 8.78 Å². The Balaban J connectivity index is 2.29. The minimum absolute atomic E-state index is 0.0357. The molecule has 7 heteroatoms. The molecule has 0 saturated carbocycles. The second-order valence-corrected chi connectivity index (χ2v) is 4.24. The second-order valence-electron chi connectivity index (χ2n) is 4.24. The Morgan fingerprint density at radius 1 is 1.22 bits per heavy atom. The quantitative estimate of drug-likeness (QED) is 0.838. The molecule has 0 atom stereocenters. The van der Waals surface area contributed by atoms with E-state index in [1.807, 2.05) is 13.8 Å². The molecule has 0 N–H and O–H groups in total. The van der Waals surface area contributed by atoms with Gasteiger partial charge in [-0.25, -0.2) is 9.78 Å². The first-order valence-corrected chi connectivity index (χ1v) is 5.58. The minimum Gasteiger partial charge on any atom is -0.297 e. The Hall–Kier alpha value is -1.92. The molecule has 2 heterocycles. The van der Waals surface area contributed by atoms with Gasteiger partial charge in [0.15, 0.2) is 0 Å². The van der Waals surface area contributed by atoms with Crippen LogP contribution in [0.4, 0.5) is 8.78 Å². The van der Waals surface area contributed by atoms with Crippen molar-refractivity contribution in [2.45, 2.75) is 33.0 Å². The van der Waals surface area contributed by atoms with Crippen LogP contribution in [0.25, 0.3) is 0 Å². The molecule has 5 nitrogen and oxygen atoms in total. The van der Waals surface area contributed by atoms with Crippen molar-refractivity contribution in [1.82, 2.24) is 18.7 Å². The lowest BCUT2D eigenvalue weighted by Gasteiger charge is -2.07. The summed E-state index contributed by atoms with van der Waals surface area (Å²) < 4.78 is 28.9. The van der Waals surface area contributed by atoms with Crippen LogP contribution in [0.2, 0.25) is 0 Å².